The van der Waals surface area contributed by atoms with E-state index in [1.165, 1.54) is 24.8 Å². The third-order valence-electron chi connectivity index (χ3n) is 8.39. The van der Waals surface area contributed by atoms with Crippen LogP contribution in [-0.2, 0) is 11.3 Å². The highest BCUT2D eigenvalue weighted by atomic mass is 16.7. The van der Waals surface area contributed by atoms with Gasteiger partial charge in [-0.15, -0.1) is 0 Å². The monoisotopic (exact) mass is 443 g/mol. The van der Waals surface area contributed by atoms with E-state index in [4.69, 9.17) is 4.84 Å². The summed E-state index contributed by atoms with van der Waals surface area (Å²) >= 11 is 0. The molecule has 4 atom stereocenters. The molecule has 1 aromatic carbocycles. The number of rotatable bonds is 8. The third-order valence-corrected chi connectivity index (χ3v) is 8.39. The number of piperidine rings is 1. The van der Waals surface area contributed by atoms with E-state index in [2.05, 4.69) is 80.6 Å². The van der Waals surface area contributed by atoms with Crippen LogP contribution < -0.4 is 10.6 Å². The van der Waals surface area contributed by atoms with Gasteiger partial charge >= 0.3 is 6.03 Å². The zero-order chi connectivity index (χ0) is 23.2. The van der Waals surface area contributed by atoms with Crippen molar-refractivity contribution >= 4 is 6.03 Å². The second-order valence-corrected chi connectivity index (χ2v) is 10.5. The number of hydrogen-bond acceptors (Lipinski definition) is 3. The summed E-state index contributed by atoms with van der Waals surface area (Å²) in [6, 6.07) is 11.0. The summed E-state index contributed by atoms with van der Waals surface area (Å²) in [5.74, 6) is 0.279. The first-order valence-electron chi connectivity index (χ1n) is 12.9. The predicted octanol–water partition coefficient (Wildman–Crippen LogP) is 5.84. The highest BCUT2D eigenvalue weighted by Gasteiger charge is 2.54. The molecule has 32 heavy (non-hydrogen) atoms. The second-order valence-electron chi connectivity index (χ2n) is 10.5. The van der Waals surface area contributed by atoms with Gasteiger partial charge in [-0.3, -0.25) is 4.84 Å². The van der Waals surface area contributed by atoms with Crippen molar-refractivity contribution in [1.29, 1.82) is 0 Å². The first kappa shape index (κ1) is 25.0. The SMILES string of the molecule is CCC1(C)CC(NC(=O)NC2CCCCC2)C(C)C(C)(CC)N1OCCc1ccccc1. The zero-order valence-electron chi connectivity index (χ0n) is 21.0. The van der Waals surface area contributed by atoms with Gasteiger partial charge in [0, 0.05) is 23.2 Å². The molecule has 5 heteroatoms. The van der Waals surface area contributed by atoms with E-state index in [-0.39, 0.29) is 29.1 Å². The molecular weight excluding hydrogens is 398 g/mol. The molecule has 0 bridgehead atoms. The van der Waals surface area contributed by atoms with Crippen LogP contribution in [0.2, 0.25) is 0 Å². The van der Waals surface area contributed by atoms with Crippen LogP contribution in [0.4, 0.5) is 4.79 Å². The normalized spacial score (nSPS) is 31.9. The minimum atomic E-state index is -0.150. The molecule has 1 aliphatic carbocycles. The number of urea groups is 1. The van der Waals surface area contributed by atoms with Crippen LogP contribution in [0.3, 0.4) is 0 Å². The number of nitrogens with zero attached hydrogens (tertiary/aromatic N) is 1. The van der Waals surface area contributed by atoms with E-state index in [1.807, 2.05) is 0 Å². The van der Waals surface area contributed by atoms with Gasteiger partial charge < -0.3 is 10.6 Å². The summed E-state index contributed by atoms with van der Waals surface area (Å²) < 4.78 is 0. The lowest BCUT2D eigenvalue weighted by Gasteiger charge is -2.59. The van der Waals surface area contributed by atoms with Gasteiger partial charge in [0.2, 0.25) is 0 Å². The average molecular weight is 444 g/mol. The molecule has 0 radical (unpaired) electrons. The Kier molecular flexibility index (Phi) is 8.62. The molecule has 1 saturated heterocycles. The number of nitrogens with one attached hydrogen (secondary N) is 2. The summed E-state index contributed by atoms with van der Waals surface area (Å²) in [7, 11) is 0. The maximum Gasteiger partial charge on any atom is 0.315 e. The summed E-state index contributed by atoms with van der Waals surface area (Å²) in [6.07, 6.45) is 9.69. The molecule has 2 amide bonds. The second kappa shape index (κ2) is 11.0. The number of hydroxylamine groups is 2. The molecule has 2 N–H and O–H groups in total. The van der Waals surface area contributed by atoms with Gasteiger partial charge in [0.15, 0.2) is 0 Å². The van der Waals surface area contributed by atoms with Crippen molar-refractivity contribution in [2.45, 2.75) is 116 Å². The van der Waals surface area contributed by atoms with Crippen molar-refractivity contribution in [2.24, 2.45) is 5.92 Å². The highest BCUT2D eigenvalue weighted by Crippen LogP contribution is 2.45. The molecule has 2 aliphatic rings. The number of carbonyl (C=O) groups is 1. The Labute approximate surface area is 195 Å². The summed E-state index contributed by atoms with van der Waals surface area (Å²) in [6.45, 7) is 12.0. The molecule has 4 unspecified atom stereocenters. The van der Waals surface area contributed by atoms with E-state index >= 15 is 0 Å². The van der Waals surface area contributed by atoms with Gasteiger partial charge in [0.05, 0.1) is 6.61 Å². The van der Waals surface area contributed by atoms with Crippen molar-refractivity contribution in [3.05, 3.63) is 35.9 Å². The fraction of sp³-hybridized carbons (Fsp3) is 0.741. The van der Waals surface area contributed by atoms with E-state index in [9.17, 15) is 4.79 Å². The van der Waals surface area contributed by atoms with Crippen LogP contribution >= 0.6 is 0 Å². The fourth-order valence-electron chi connectivity index (χ4n) is 5.74. The average Bonchev–Trinajstić information content (AvgIpc) is 2.81. The Hall–Kier alpha value is -1.59. The predicted molar refractivity (Wildman–Crippen MR) is 131 cm³/mol. The van der Waals surface area contributed by atoms with E-state index in [0.717, 1.165) is 38.5 Å². The van der Waals surface area contributed by atoms with Crippen molar-refractivity contribution in [3.8, 4) is 0 Å². The zero-order valence-corrected chi connectivity index (χ0v) is 21.0. The highest BCUT2D eigenvalue weighted by molar-refractivity contribution is 5.74. The maximum atomic E-state index is 12.9. The standard InChI is InChI=1S/C27H45N3O2/c1-6-26(4)20-24(29-25(31)28-23-16-12-9-13-17-23)21(3)27(5,7-2)30(26)32-19-18-22-14-10-8-11-15-22/h8,10-11,14-15,21,23-24H,6-7,9,12-13,16-20H2,1-5H3,(H2,28,29,31). The first-order chi connectivity index (χ1) is 15.3. The maximum absolute atomic E-state index is 12.9. The van der Waals surface area contributed by atoms with Crippen LogP contribution in [0.25, 0.3) is 0 Å². The Morgan fingerprint density at radius 3 is 2.38 bits per heavy atom. The molecule has 5 nitrogen and oxygen atoms in total. The minimum Gasteiger partial charge on any atom is -0.335 e. The lowest BCUT2D eigenvalue weighted by Crippen LogP contribution is -2.70. The van der Waals surface area contributed by atoms with Crippen LogP contribution in [-0.4, -0.2) is 40.9 Å². The Morgan fingerprint density at radius 2 is 1.75 bits per heavy atom. The Bertz CT molecular complexity index is 721. The molecule has 1 saturated carbocycles. The van der Waals surface area contributed by atoms with Crippen LogP contribution in [0.1, 0.15) is 91.5 Å². The van der Waals surface area contributed by atoms with E-state index in [1.54, 1.807) is 0 Å². The van der Waals surface area contributed by atoms with Crippen LogP contribution in [0.5, 0.6) is 0 Å². The molecule has 1 heterocycles. The van der Waals surface area contributed by atoms with Crippen molar-refractivity contribution in [3.63, 3.8) is 0 Å². The Balaban J connectivity index is 1.68. The lowest BCUT2D eigenvalue weighted by atomic mass is 9.68. The molecule has 180 valence electrons. The lowest BCUT2D eigenvalue weighted by molar-refractivity contribution is -0.306. The molecular formula is C27H45N3O2. The third kappa shape index (κ3) is 5.66. The molecule has 2 fully saturated rings. The topological polar surface area (TPSA) is 53.6 Å². The molecule has 3 rings (SSSR count). The Morgan fingerprint density at radius 1 is 1.06 bits per heavy atom. The molecule has 0 aromatic heterocycles. The van der Waals surface area contributed by atoms with Gasteiger partial charge in [-0.05, 0) is 63.9 Å². The summed E-state index contributed by atoms with van der Waals surface area (Å²) in [5, 5.41) is 8.91. The first-order valence-corrected chi connectivity index (χ1v) is 12.9. The molecule has 1 aromatic rings. The summed E-state index contributed by atoms with van der Waals surface area (Å²) in [5.41, 5.74) is 1.02. The van der Waals surface area contributed by atoms with Gasteiger partial charge in [0.25, 0.3) is 0 Å². The van der Waals surface area contributed by atoms with Crippen LogP contribution in [0.15, 0.2) is 30.3 Å². The van der Waals surface area contributed by atoms with Crippen molar-refractivity contribution in [2.75, 3.05) is 6.61 Å². The summed E-state index contributed by atoms with van der Waals surface area (Å²) in [4.78, 5) is 19.4. The number of benzene rings is 1. The minimum absolute atomic E-state index is 0.00380. The smallest absolute Gasteiger partial charge is 0.315 e. The molecule has 1 aliphatic heterocycles. The van der Waals surface area contributed by atoms with E-state index in [0.29, 0.717) is 12.6 Å². The van der Waals surface area contributed by atoms with Gasteiger partial charge in [-0.2, -0.15) is 5.06 Å². The quantitative estimate of drug-likeness (QED) is 0.531. The molecule has 0 spiro atoms. The number of amides is 2. The number of hydrogen-bond donors (Lipinski definition) is 2. The number of carbonyl (C=O) groups excluding carboxylic acids is 1. The van der Waals surface area contributed by atoms with Crippen molar-refractivity contribution in [1.82, 2.24) is 15.7 Å². The van der Waals surface area contributed by atoms with Gasteiger partial charge in [-0.1, -0.05) is 70.4 Å². The fourth-order valence-corrected chi connectivity index (χ4v) is 5.74. The van der Waals surface area contributed by atoms with Gasteiger partial charge in [-0.25, -0.2) is 4.79 Å². The van der Waals surface area contributed by atoms with Gasteiger partial charge in [0.1, 0.15) is 0 Å². The van der Waals surface area contributed by atoms with E-state index < -0.39 is 0 Å². The van der Waals surface area contributed by atoms with Crippen LogP contribution in [0, 0.1) is 5.92 Å². The largest absolute Gasteiger partial charge is 0.335 e. The van der Waals surface area contributed by atoms with Crippen molar-refractivity contribution < 1.29 is 9.63 Å².